The SMILES string of the molecule is CC/C=C\C/C=C\C/C=C\C/C=C\C/C=C\C/C=C\C/C=C\C/C=C\CCCCCCCCCCCCC(=O)OC(CO)COC(=O)CCCCC/C=C\C/C=C\C/C=C\CC. The third-order valence-corrected chi connectivity index (χ3v) is 9.94. The third kappa shape index (κ3) is 48.7. The number of ether oxygens (including phenoxy) is 2. The summed E-state index contributed by atoms with van der Waals surface area (Å²) in [6.45, 7) is 3.86. The normalized spacial score (nSPS) is 13.4. The first kappa shape index (κ1) is 58.0. The lowest BCUT2D eigenvalue weighted by Crippen LogP contribution is -2.28. The number of aliphatic hydroxyl groups excluding tert-OH is 1. The molecule has 62 heavy (non-hydrogen) atoms. The van der Waals surface area contributed by atoms with Crippen molar-refractivity contribution in [2.24, 2.45) is 0 Å². The van der Waals surface area contributed by atoms with E-state index in [0.29, 0.717) is 12.8 Å². The van der Waals surface area contributed by atoms with Gasteiger partial charge in [-0.05, 0) is 109 Å². The maximum Gasteiger partial charge on any atom is 0.306 e. The Kier molecular flexibility index (Phi) is 48.1. The smallest absolute Gasteiger partial charge is 0.306 e. The lowest BCUT2D eigenvalue weighted by atomic mass is 10.0. The van der Waals surface area contributed by atoms with Crippen LogP contribution < -0.4 is 0 Å². The Morgan fingerprint density at radius 1 is 0.371 bits per heavy atom. The van der Waals surface area contributed by atoms with Crippen LogP contribution in [0.15, 0.2) is 134 Å². The van der Waals surface area contributed by atoms with Crippen LogP contribution in [0.1, 0.15) is 194 Å². The molecular formula is C57H90O5. The average Bonchev–Trinajstić information content (AvgIpc) is 3.28. The molecule has 0 rings (SSSR count). The topological polar surface area (TPSA) is 72.8 Å². The fourth-order valence-electron chi connectivity index (χ4n) is 6.29. The van der Waals surface area contributed by atoms with Crippen LogP contribution in [0.5, 0.6) is 0 Å². The molecule has 5 nitrogen and oxygen atoms in total. The van der Waals surface area contributed by atoms with E-state index in [9.17, 15) is 14.7 Å². The highest BCUT2D eigenvalue weighted by atomic mass is 16.6. The molecule has 0 radical (unpaired) electrons. The Bertz CT molecular complexity index is 1330. The molecule has 0 fully saturated rings. The molecule has 1 N–H and O–H groups in total. The zero-order valence-electron chi connectivity index (χ0n) is 39.6. The molecule has 0 aromatic carbocycles. The highest BCUT2D eigenvalue weighted by molar-refractivity contribution is 5.70. The summed E-state index contributed by atoms with van der Waals surface area (Å²) in [5.74, 6) is -0.641. The predicted molar refractivity (Wildman–Crippen MR) is 269 cm³/mol. The van der Waals surface area contributed by atoms with E-state index in [2.05, 4.69) is 148 Å². The summed E-state index contributed by atoms with van der Waals surface area (Å²) in [5, 5.41) is 9.59. The number of allylic oxidation sites excluding steroid dienone is 22. The molecule has 0 aliphatic heterocycles. The van der Waals surface area contributed by atoms with E-state index in [4.69, 9.17) is 9.47 Å². The van der Waals surface area contributed by atoms with Gasteiger partial charge in [0, 0.05) is 12.8 Å². The van der Waals surface area contributed by atoms with Crippen molar-refractivity contribution in [3.05, 3.63) is 134 Å². The summed E-state index contributed by atoms with van der Waals surface area (Å²) in [7, 11) is 0. The van der Waals surface area contributed by atoms with Gasteiger partial charge in [-0.2, -0.15) is 0 Å². The zero-order valence-corrected chi connectivity index (χ0v) is 39.6. The number of aliphatic hydroxyl groups is 1. The van der Waals surface area contributed by atoms with Gasteiger partial charge >= 0.3 is 11.9 Å². The average molecular weight is 855 g/mol. The minimum absolute atomic E-state index is 0.0906. The van der Waals surface area contributed by atoms with E-state index in [1.54, 1.807) is 0 Å². The van der Waals surface area contributed by atoms with E-state index in [-0.39, 0.29) is 25.2 Å². The van der Waals surface area contributed by atoms with E-state index in [1.165, 1.54) is 51.4 Å². The monoisotopic (exact) mass is 855 g/mol. The Hall–Kier alpha value is -3.96. The Labute approximate surface area is 381 Å². The van der Waals surface area contributed by atoms with Crippen molar-refractivity contribution in [3.63, 3.8) is 0 Å². The number of hydrogen-bond acceptors (Lipinski definition) is 5. The molecule has 0 bridgehead atoms. The van der Waals surface area contributed by atoms with Crippen LogP contribution in [0.3, 0.4) is 0 Å². The van der Waals surface area contributed by atoms with E-state index in [0.717, 1.165) is 116 Å². The maximum atomic E-state index is 12.2. The van der Waals surface area contributed by atoms with Crippen molar-refractivity contribution < 1.29 is 24.2 Å². The van der Waals surface area contributed by atoms with Crippen molar-refractivity contribution in [1.29, 1.82) is 0 Å². The molecular weight excluding hydrogens is 765 g/mol. The number of carbonyl (C=O) groups excluding carboxylic acids is 2. The van der Waals surface area contributed by atoms with E-state index < -0.39 is 6.10 Å². The number of hydrogen-bond donors (Lipinski definition) is 1. The summed E-state index contributed by atoms with van der Waals surface area (Å²) in [6.07, 6.45) is 76.9. The molecule has 0 aliphatic carbocycles. The Morgan fingerprint density at radius 2 is 0.645 bits per heavy atom. The van der Waals surface area contributed by atoms with Crippen molar-refractivity contribution in [1.82, 2.24) is 0 Å². The highest BCUT2D eigenvalue weighted by Crippen LogP contribution is 2.13. The number of rotatable bonds is 43. The first-order chi connectivity index (χ1) is 30.6. The van der Waals surface area contributed by atoms with E-state index in [1.807, 2.05) is 0 Å². The number of esters is 2. The summed E-state index contributed by atoms with van der Waals surface area (Å²) in [4.78, 5) is 24.3. The van der Waals surface area contributed by atoms with Crippen LogP contribution >= 0.6 is 0 Å². The molecule has 0 aromatic rings. The van der Waals surface area contributed by atoms with Crippen LogP contribution in [0.25, 0.3) is 0 Å². The molecule has 5 heteroatoms. The van der Waals surface area contributed by atoms with Crippen LogP contribution in [-0.4, -0.2) is 36.4 Å². The summed E-state index contributed by atoms with van der Waals surface area (Å²) < 4.78 is 10.6. The first-order valence-corrected chi connectivity index (χ1v) is 24.7. The van der Waals surface area contributed by atoms with Crippen molar-refractivity contribution in [2.45, 2.75) is 200 Å². The van der Waals surface area contributed by atoms with E-state index >= 15 is 0 Å². The fourth-order valence-corrected chi connectivity index (χ4v) is 6.29. The first-order valence-electron chi connectivity index (χ1n) is 24.7. The molecule has 0 aliphatic rings. The second kappa shape index (κ2) is 51.4. The molecule has 0 aromatic heterocycles. The predicted octanol–water partition coefficient (Wildman–Crippen LogP) is 16.5. The summed E-state index contributed by atoms with van der Waals surface area (Å²) in [6, 6.07) is 0. The maximum absolute atomic E-state index is 12.2. The minimum Gasteiger partial charge on any atom is -0.462 e. The van der Waals surface area contributed by atoms with Gasteiger partial charge in [-0.25, -0.2) is 0 Å². The van der Waals surface area contributed by atoms with Gasteiger partial charge in [0.2, 0.25) is 0 Å². The van der Waals surface area contributed by atoms with Crippen LogP contribution in [-0.2, 0) is 19.1 Å². The molecule has 1 unspecified atom stereocenters. The second-order valence-corrected chi connectivity index (χ2v) is 15.8. The molecule has 0 heterocycles. The van der Waals surface area contributed by atoms with Gasteiger partial charge in [0.1, 0.15) is 6.61 Å². The van der Waals surface area contributed by atoms with Crippen LogP contribution in [0, 0.1) is 0 Å². The molecule has 348 valence electrons. The minimum atomic E-state index is -0.795. The lowest BCUT2D eigenvalue weighted by Gasteiger charge is -2.15. The lowest BCUT2D eigenvalue weighted by molar-refractivity contribution is -0.161. The molecule has 0 spiro atoms. The van der Waals surface area contributed by atoms with Crippen LogP contribution in [0.4, 0.5) is 0 Å². The van der Waals surface area contributed by atoms with Crippen molar-refractivity contribution >= 4 is 11.9 Å². The number of carbonyl (C=O) groups is 2. The van der Waals surface area contributed by atoms with Gasteiger partial charge in [0.25, 0.3) is 0 Å². The second-order valence-electron chi connectivity index (χ2n) is 15.8. The standard InChI is InChI=1S/C57H90O5/c1-3-5-7-9-11-13-15-17-18-19-20-21-22-23-24-25-26-27-28-29-30-31-32-33-34-35-36-37-38-40-42-44-46-48-50-52-57(60)62-55(53-58)54-61-56(59)51-49-47-45-43-41-39-16-14-12-10-8-6-4-2/h5-8,11-14,17-18,20-21,23-24,26-27,29-30,32-33,39,41,55,58H,3-4,9-10,15-16,19,22,25,28,31,34-38,40,42-54H2,1-2H3/b7-5-,8-6-,13-11-,14-12-,18-17-,21-20-,24-23-,27-26-,30-29-,33-32-,41-39-. The summed E-state index contributed by atoms with van der Waals surface area (Å²) in [5.41, 5.74) is 0. The van der Waals surface area contributed by atoms with Gasteiger partial charge in [0.05, 0.1) is 6.61 Å². The Balaban J connectivity index is 3.60. The van der Waals surface area contributed by atoms with Gasteiger partial charge in [-0.1, -0.05) is 205 Å². The van der Waals surface area contributed by atoms with Gasteiger partial charge in [-0.3, -0.25) is 9.59 Å². The summed E-state index contributed by atoms with van der Waals surface area (Å²) >= 11 is 0. The Morgan fingerprint density at radius 3 is 0.984 bits per heavy atom. The number of unbranched alkanes of at least 4 members (excludes halogenated alkanes) is 13. The van der Waals surface area contributed by atoms with Gasteiger partial charge in [0.15, 0.2) is 6.10 Å². The van der Waals surface area contributed by atoms with Crippen molar-refractivity contribution in [3.8, 4) is 0 Å². The van der Waals surface area contributed by atoms with Crippen molar-refractivity contribution in [2.75, 3.05) is 13.2 Å². The molecule has 0 saturated carbocycles. The quantitative estimate of drug-likeness (QED) is 0.0376. The van der Waals surface area contributed by atoms with Crippen LogP contribution in [0.2, 0.25) is 0 Å². The van der Waals surface area contributed by atoms with Gasteiger partial charge < -0.3 is 14.6 Å². The highest BCUT2D eigenvalue weighted by Gasteiger charge is 2.16. The van der Waals surface area contributed by atoms with Gasteiger partial charge in [-0.15, -0.1) is 0 Å². The molecule has 0 saturated heterocycles. The third-order valence-electron chi connectivity index (χ3n) is 9.94. The largest absolute Gasteiger partial charge is 0.462 e. The zero-order chi connectivity index (χ0) is 44.9. The molecule has 0 amide bonds. The fraction of sp³-hybridized carbons (Fsp3) is 0.579. The molecule has 1 atom stereocenters.